The van der Waals surface area contributed by atoms with Crippen molar-refractivity contribution in [2.45, 2.75) is 26.8 Å². The van der Waals surface area contributed by atoms with E-state index in [0.29, 0.717) is 49.2 Å². The lowest BCUT2D eigenvalue weighted by molar-refractivity contribution is -0.384. The number of hydrogen-bond acceptors (Lipinski definition) is 10. The molecule has 5 rings (SSSR count). The number of rotatable bonds is 8. The minimum atomic E-state index is -0.872. The number of furan rings is 1. The first-order valence-electron chi connectivity index (χ1n) is 12.9. The van der Waals surface area contributed by atoms with Crippen LogP contribution in [0.15, 0.2) is 74.0 Å². The first-order chi connectivity index (χ1) is 20.2. The number of carbonyl (C=O) groups excluding carboxylic acids is 1. The van der Waals surface area contributed by atoms with Crippen molar-refractivity contribution >= 4 is 29.1 Å². The van der Waals surface area contributed by atoms with Crippen LogP contribution < -0.4 is 24.4 Å². The summed E-state index contributed by atoms with van der Waals surface area (Å²) in [6.07, 6.45) is 1.59. The summed E-state index contributed by atoms with van der Waals surface area (Å²) in [5.41, 5.74) is 2.14. The van der Waals surface area contributed by atoms with Crippen molar-refractivity contribution in [3.8, 4) is 22.8 Å². The van der Waals surface area contributed by atoms with Crippen LogP contribution in [0.2, 0.25) is 0 Å². The van der Waals surface area contributed by atoms with Crippen molar-refractivity contribution in [1.82, 2.24) is 4.57 Å². The number of aryl methyl sites for hydroxylation is 1. The van der Waals surface area contributed by atoms with E-state index in [-0.39, 0.29) is 23.4 Å². The van der Waals surface area contributed by atoms with Crippen LogP contribution in [0.5, 0.6) is 11.5 Å². The molecule has 12 heteroatoms. The molecule has 1 aliphatic rings. The van der Waals surface area contributed by atoms with Gasteiger partial charge in [-0.3, -0.25) is 19.5 Å². The Balaban J connectivity index is 1.66. The summed E-state index contributed by atoms with van der Waals surface area (Å²) >= 11 is 1.15. The molecule has 42 heavy (non-hydrogen) atoms. The van der Waals surface area contributed by atoms with Gasteiger partial charge in [-0.15, -0.1) is 0 Å². The average molecular weight is 590 g/mol. The molecule has 216 valence electrons. The summed E-state index contributed by atoms with van der Waals surface area (Å²) in [5.74, 6) is 1.19. The number of thiazole rings is 1. The number of ether oxygens (including phenoxy) is 3. The molecule has 0 amide bonds. The Morgan fingerprint density at radius 2 is 1.93 bits per heavy atom. The Kier molecular flexibility index (Phi) is 7.81. The molecule has 0 spiro atoms. The fraction of sp³-hybridized carbons (Fsp3) is 0.233. The summed E-state index contributed by atoms with van der Waals surface area (Å²) in [6, 6.07) is 12.2. The maximum atomic E-state index is 13.9. The number of carbonyl (C=O) groups is 1. The zero-order chi connectivity index (χ0) is 30.1. The number of esters is 1. The number of benzene rings is 2. The molecule has 2 aromatic carbocycles. The summed E-state index contributed by atoms with van der Waals surface area (Å²) in [7, 11) is 3.03. The second kappa shape index (κ2) is 11.5. The highest BCUT2D eigenvalue weighted by Gasteiger charge is 2.35. The van der Waals surface area contributed by atoms with Crippen LogP contribution in [0.3, 0.4) is 0 Å². The van der Waals surface area contributed by atoms with E-state index in [1.807, 2.05) is 6.92 Å². The molecule has 0 aliphatic carbocycles. The lowest BCUT2D eigenvalue weighted by Crippen LogP contribution is -2.40. The number of non-ortho nitro benzene ring substituents is 1. The fourth-order valence-electron chi connectivity index (χ4n) is 4.82. The number of allylic oxidation sites excluding steroid dienone is 1. The number of methoxy groups -OCH3 is 2. The predicted molar refractivity (Wildman–Crippen MR) is 155 cm³/mol. The van der Waals surface area contributed by atoms with E-state index in [2.05, 4.69) is 4.99 Å². The van der Waals surface area contributed by atoms with Crippen molar-refractivity contribution in [3.63, 3.8) is 0 Å². The predicted octanol–water partition coefficient (Wildman–Crippen LogP) is 4.29. The standard InChI is InChI=1S/C30H27N3O8S/c1-6-40-29(35)26-17(3)31-30-32(27(26)21-11-9-19(38-4)14-24(21)39-5)28(34)25(42-30)15-20-10-12-23(41-20)22-13-18(33(36)37)8-7-16(22)2/h7-15,27H,6H2,1-5H3/b25-15-/t27-/m0/s1. The third-order valence-corrected chi connectivity index (χ3v) is 7.83. The average Bonchev–Trinajstić information content (AvgIpc) is 3.56. The molecular formula is C30H27N3O8S. The van der Waals surface area contributed by atoms with E-state index in [0.717, 1.165) is 16.9 Å². The maximum absolute atomic E-state index is 13.9. The second-order valence-corrected chi connectivity index (χ2v) is 10.4. The maximum Gasteiger partial charge on any atom is 0.338 e. The molecule has 0 bridgehead atoms. The number of nitro groups is 1. The summed E-state index contributed by atoms with van der Waals surface area (Å²) in [5, 5.41) is 11.3. The van der Waals surface area contributed by atoms with E-state index in [1.165, 1.54) is 30.9 Å². The van der Waals surface area contributed by atoms with Crippen molar-refractivity contribution in [2.24, 2.45) is 4.99 Å². The fourth-order valence-corrected chi connectivity index (χ4v) is 5.85. The lowest BCUT2D eigenvalue weighted by atomic mass is 9.95. The molecule has 0 N–H and O–H groups in total. The van der Waals surface area contributed by atoms with Gasteiger partial charge in [0.2, 0.25) is 0 Å². The molecule has 4 aromatic rings. The molecule has 0 unspecified atom stereocenters. The first kappa shape index (κ1) is 28.6. The molecule has 3 heterocycles. The Labute approximate surface area is 243 Å². The third kappa shape index (κ3) is 5.12. The zero-order valence-electron chi connectivity index (χ0n) is 23.5. The highest BCUT2D eigenvalue weighted by molar-refractivity contribution is 7.07. The number of hydrogen-bond donors (Lipinski definition) is 0. The number of nitro benzene ring substituents is 1. The van der Waals surface area contributed by atoms with Gasteiger partial charge in [0.1, 0.15) is 29.1 Å². The van der Waals surface area contributed by atoms with Gasteiger partial charge in [-0.05, 0) is 50.6 Å². The van der Waals surface area contributed by atoms with Gasteiger partial charge in [0.25, 0.3) is 11.2 Å². The molecule has 0 saturated heterocycles. The Morgan fingerprint density at radius 3 is 2.62 bits per heavy atom. The van der Waals surface area contributed by atoms with Crippen LogP contribution in [0.1, 0.15) is 36.8 Å². The smallest absolute Gasteiger partial charge is 0.338 e. The number of nitrogens with zero attached hydrogens (tertiary/aromatic N) is 3. The molecule has 11 nitrogen and oxygen atoms in total. The monoisotopic (exact) mass is 589 g/mol. The van der Waals surface area contributed by atoms with Crippen molar-refractivity contribution in [1.29, 1.82) is 0 Å². The van der Waals surface area contributed by atoms with Gasteiger partial charge in [0.15, 0.2) is 4.80 Å². The Morgan fingerprint density at radius 1 is 1.14 bits per heavy atom. The van der Waals surface area contributed by atoms with Gasteiger partial charge in [0.05, 0.1) is 41.6 Å². The van der Waals surface area contributed by atoms with Gasteiger partial charge in [-0.1, -0.05) is 17.4 Å². The normalized spacial score (nSPS) is 14.8. The second-order valence-electron chi connectivity index (χ2n) is 9.37. The van der Waals surface area contributed by atoms with Crippen molar-refractivity contribution in [3.05, 3.63) is 106 Å². The molecule has 0 radical (unpaired) electrons. The SMILES string of the molecule is CCOC(=O)C1=C(C)N=c2s/c(=C\c3ccc(-c4cc([N+](=O)[O-])ccc4C)o3)c(=O)n2[C@H]1c1ccc(OC)cc1OC. The van der Waals surface area contributed by atoms with Gasteiger partial charge in [0, 0.05) is 35.4 Å². The van der Waals surface area contributed by atoms with E-state index in [9.17, 15) is 19.7 Å². The Hall–Kier alpha value is -4.97. The van der Waals surface area contributed by atoms with Crippen LogP contribution in [0, 0.1) is 17.0 Å². The van der Waals surface area contributed by atoms with Crippen molar-refractivity contribution in [2.75, 3.05) is 20.8 Å². The van der Waals surface area contributed by atoms with Crippen LogP contribution in [0.4, 0.5) is 5.69 Å². The number of aromatic nitrogens is 1. The molecular weight excluding hydrogens is 562 g/mol. The topological polar surface area (TPSA) is 135 Å². The largest absolute Gasteiger partial charge is 0.497 e. The first-order valence-corrected chi connectivity index (χ1v) is 13.7. The molecule has 1 aliphatic heterocycles. The van der Waals surface area contributed by atoms with E-state index < -0.39 is 16.9 Å². The molecule has 0 fully saturated rings. The molecule has 1 atom stereocenters. The minimum absolute atomic E-state index is 0.0522. The van der Waals surface area contributed by atoms with Gasteiger partial charge < -0.3 is 18.6 Å². The summed E-state index contributed by atoms with van der Waals surface area (Å²) in [6.45, 7) is 5.39. The lowest BCUT2D eigenvalue weighted by Gasteiger charge is -2.26. The zero-order valence-corrected chi connectivity index (χ0v) is 24.3. The van der Waals surface area contributed by atoms with Gasteiger partial charge in [-0.2, -0.15) is 0 Å². The number of fused-ring (bicyclic) bond motifs is 1. The molecule has 2 aromatic heterocycles. The van der Waals surface area contributed by atoms with Crippen LogP contribution in [-0.2, 0) is 9.53 Å². The quantitative estimate of drug-likeness (QED) is 0.169. The van der Waals surface area contributed by atoms with Crippen LogP contribution in [-0.4, -0.2) is 36.3 Å². The van der Waals surface area contributed by atoms with Gasteiger partial charge >= 0.3 is 5.97 Å². The van der Waals surface area contributed by atoms with E-state index >= 15 is 0 Å². The van der Waals surface area contributed by atoms with Crippen LogP contribution in [0.25, 0.3) is 17.4 Å². The van der Waals surface area contributed by atoms with Crippen LogP contribution >= 0.6 is 11.3 Å². The summed E-state index contributed by atoms with van der Waals surface area (Å²) < 4.78 is 24.1. The third-order valence-electron chi connectivity index (χ3n) is 6.85. The molecule has 0 saturated carbocycles. The van der Waals surface area contributed by atoms with E-state index in [1.54, 1.807) is 56.3 Å². The highest BCUT2D eigenvalue weighted by atomic mass is 32.1. The highest BCUT2D eigenvalue weighted by Crippen LogP contribution is 2.37. The summed E-state index contributed by atoms with van der Waals surface area (Å²) in [4.78, 5) is 42.9. The van der Waals surface area contributed by atoms with Gasteiger partial charge in [-0.25, -0.2) is 9.79 Å². The minimum Gasteiger partial charge on any atom is -0.497 e. The van der Waals surface area contributed by atoms with E-state index in [4.69, 9.17) is 18.6 Å². The Bertz CT molecular complexity index is 1930. The van der Waals surface area contributed by atoms with Crippen molar-refractivity contribution < 1.29 is 28.3 Å².